The topological polar surface area (TPSA) is 42.4 Å². The number of halogens is 1. The van der Waals surface area contributed by atoms with Crippen LogP contribution in [0.4, 0.5) is 4.39 Å². The largest absolute Gasteiger partial charge is 0.368 e. The Labute approximate surface area is 163 Å². The monoisotopic (exact) mass is 376 g/mol. The number of pyridine rings is 1. The highest BCUT2D eigenvalue weighted by molar-refractivity contribution is 5.94. The molecule has 0 saturated carbocycles. The van der Waals surface area contributed by atoms with Crippen molar-refractivity contribution in [3.8, 4) is 0 Å². The van der Waals surface area contributed by atoms with Gasteiger partial charge in [0.1, 0.15) is 11.9 Å². The molecule has 4 rings (SSSR count). The Hall–Kier alpha value is -3.05. The van der Waals surface area contributed by atoms with Crippen molar-refractivity contribution < 1.29 is 13.9 Å². The smallest absolute Gasteiger partial charge is 0.254 e. The molecule has 1 aliphatic rings. The average molecular weight is 376 g/mol. The van der Waals surface area contributed by atoms with Crippen LogP contribution in [-0.4, -0.2) is 35.5 Å². The highest BCUT2D eigenvalue weighted by Crippen LogP contribution is 2.23. The zero-order valence-corrected chi connectivity index (χ0v) is 15.4. The van der Waals surface area contributed by atoms with E-state index >= 15 is 0 Å². The standard InChI is InChI=1S/C23H21FN2O2/c24-20-11-5-4-9-18(20)15-19-10-6-12-21(25-19)22-16-26(13-14-28-22)23(27)17-7-2-1-3-8-17/h1-12,22H,13-16H2/t22-/m1/s1. The molecular weight excluding hydrogens is 355 g/mol. The summed E-state index contributed by atoms with van der Waals surface area (Å²) in [6.45, 7) is 1.46. The molecule has 0 aliphatic carbocycles. The molecule has 0 radical (unpaired) electrons. The molecule has 0 bridgehead atoms. The van der Waals surface area contributed by atoms with Crippen molar-refractivity contribution in [1.29, 1.82) is 0 Å². The van der Waals surface area contributed by atoms with Gasteiger partial charge in [-0.1, -0.05) is 42.5 Å². The number of ether oxygens (including phenoxy) is 1. The Bertz CT molecular complexity index is 962. The number of nitrogens with zero attached hydrogens (tertiary/aromatic N) is 2. The third-order valence-electron chi connectivity index (χ3n) is 4.86. The van der Waals surface area contributed by atoms with Crippen molar-refractivity contribution in [1.82, 2.24) is 9.88 Å². The normalized spacial score (nSPS) is 16.8. The van der Waals surface area contributed by atoms with Crippen LogP contribution in [0.5, 0.6) is 0 Å². The first-order valence-corrected chi connectivity index (χ1v) is 9.36. The Morgan fingerprint density at radius 2 is 1.82 bits per heavy atom. The predicted molar refractivity (Wildman–Crippen MR) is 104 cm³/mol. The number of amides is 1. The molecule has 28 heavy (non-hydrogen) atoms. The summed E-state index contributed by atoms with van der Waals surface area (Å²) in [5.41, 5.74) is 2.82. The second kappa shape index (κ2) is 8.31. The van der Waals surface area contributed by atoms with E-state index in [2.05, 4.69) is 4.98 Å². The molecule has 3 aromatic rings. The van der Waals surface area contributed by atoms with Gasteiger partial charge in [-0.25, -0.2) is 4.39 Å². The minimum Gasteiger partial charge on any atom is -0.368 e. The van der Waals surface area contributed by atoms with Gasteiger partial charge in [-0.2, -0.15) is 0 Å². The van der Waals surface area contributed by atoms with E-state index in [1.54, 1.807) is 17.0 Å². The Balaban J connectivity index is 1.49. The number of carbonyl (C=O) groups is 1. The van der Waals surface area contributed by atoms with Crippen molar-refractivity contribution in [2.45, 2.75) is 12.5 Å². The zero-order valence-electron chi connectivity index (χ0n) is 15.4. The van der Waals surface area contributed by atoms with Crippen LogP contribution in [0.15, 0.2) is 72.8 Å². The summed E-state index contributed by atoms with van der Waals surface area (Å²) in [6.07, 6.45) is 0.127. The SMILES string of the molecule is O=C(c1ccccc1)N1CCO[C@@H](c2cccc(Cc3ccccc3F)n2)C1. The van der Waals surface area contributed by atoms with E-state index in [9.17, 15) is 9.18 Å². The highest BCUT2D eigenvalue weighted by Gasteiger charge is 2.27. The first-order valence-electron chi connectivity index (χ1n) is 9.36. The van der Waals surface area contributed by atoms with Crippen LogP contribution in [0.25, 0.3) is 0 Å². The van der Waals surface area contributed by atoms with Crippen LogP contribution in [-0.2, 0) is 11.2 Å². The maximum Gasteiger partial charge on any atom is 0.254 e. The zero-order chi connectivity index (χ0) is 19.3. The van der Waals surface area contributed by atoms with Crippen LogP contribution < -0.4 is 0 Å². The molecule has 0 N–H and O–H groups in total. The molecular formula is C23H21FN2O2. The summed E-state index contributed by atoms with van der Waals surface area (Å²) in [5, 5.41) is 0. The van der Waals surface area contributed by atoms with Crippen LogP contribution >= 0.6 is 0 Å². The Kier molecular flexibility index (Phi) is 5.44. The van der Waals surface area contributed by atoms with Gasteiger partial charge in [0.2, 0.25) is 0 Å². The van der Waals surface area contributed by atoms with E-state index < -0.39 is 0 Å². The molecule has 1 atom stereocenters. The van der Waals surface area contributed by atoms with Crippen LogP contribution in [0.2, 0.25) is 0 Å². The molecule has 0 unspecified atom stereocenters. The summed E-state index contributed by atoms with van der Waals surface area (Å²) in [5.74, 6) is -0.236. The van der Waals surface area contributed by atoms with Crippen molar-refractivity contribution >= 4 is 5.91 Å². The quantitative estimate of drug-likeness (QED) is 0.691. The van der Waals surface area contributed by atoms with Crippen LogP contribution in [0.1, 0.15) is 33.4 Å². The fraction of sp³-hybridized carbons (Fsp3) is 0.217. The van der Waals surface area contributed by atoms with Crippen molar-refractivity contribution in [2.24, 2.45) is 0 Å². The van der Waals surface area contributed by atoms with Gasteiger partial charge in [-0.15, -0.1) is 0 Å². The fourth-order valence-electron chi connectivity index (χ4n) is 3.39. The fourth-order valence-corrected chi connectivity index (χ4v) is 3.39. The molecule has 1 aromatic heterocycles. The molecule has 1 saturated heterocycles. The molecule has 5 heteroatoms. The molecule has 2 heterocycles. The van der Waals surface area contributed by atoms with Gasteiger partial charge >= 0.3 is 0 Å². The van der Waals surface area contributed by atoms with E-state index in [1.807, 2.05) is 54.6 Å². The number of rotatable bonds is 4. The lowest BCUT2D eigenvalue weighted by molar-refractivity contribution is -0.0247. The van der Waals surface area contributed by atoms with Crippen molar-refractivity contribution in [3.63, 3.8) is 0 Å². The Morgan fingerprint density at radius 3 is 2.64 bits per heavy atom. The van der Waals surface area contributed by atoms with Crippen LogP contribution in [0, 0.1) is 5.82 Å². The highest BCUT2D eigenvalue weighted by atomic mass is 19.1. The number of benzene rings is 2. The molecule has 1 aliphatic heterocycles. The first kappa shape index (κ1) is 18.3. The van der Waals surface area contributed by atoms with Gasteiger partial charge in [0.05, 0.1) is 18.8 Å². The second-order valence-corrected chi connectivity index (χ2v) is 6.80. The predicted octanol–water partition coefficient (Wildman–Crippen LogP) is 4.03. The van der Waals surface area contributed by atoms with Gasteiger partial charge in [-0.3, -0.25) is 9.78 Å². The van der Waals surface area contributed by atoms with Crippen LogP contribution in [0.3, 0.4) is 0 Å². The average Bonchev–Trinajstić information content (AvgIpc) is 2.76. The number of hydrogen-bond acceptors (Lipinski definition) is 3. The lowest BCUT2D eigenvalue weighted by Gasteiger charge is -2.33. The molecule has 2 aromatic carbocycles. The third-order valence-corrected chi connectivity index (χ3v) is 4.86. The minimum absolute atomic E-state index is 0.00332. The summed E-state index contributed by atoms with van der Waals surface area (Å²) in [6, 6.07) is 21.6. The lowest BCUT2D eigenvalue weighted by atomic mass is 10.1. The van der Waals surface area contributed by atoms with E-state index in [0.717, 1.165) is 11.4 Å². The van der Waals surface area contributed by atoms with E-state index in [4.69, 9.17) is 4.74 Å². The van der Waals surface area contributed by atoms with Gasteiger partial charge < -0.3 is 9.64 Å². The maximum atomic E-state index is 13.9. The van der Waals surface area contributed by atoms with Crippen molar-refractivity contribution in [2.75, 3.05) is 19.7 Å². The van der Waals surface area contributed by atoms with E-state index in [1.165, 1.54) is 6.07 Å². The van der Waals surface area contributed by atoms with Gasteiger partial charge in [-0.05, 0) is 35.9 Å². The van der Waals surface area contributed by atoms with Crippen molar-refractivity contribution in [3.05, 3.63) is 101 Å². The summed E-state index contributed by atoms with van der Waals surface area (Å²) >= 11 is 0. The minimum atomic E-state index is -0.290. The molecule has 1 amide bonds. The van der Waals surface area contributed by atoms with Gasteiger partial charge in [0, 0.05) is 24.2 Å². The number of morpholine rings is 1. The number of hydrogen-bond donors (Lipinski definition) is 0. The maximum absolute atomic E-state index is 13.9. The molecule has 142 valence electrons. The second-order valence-electron chi connectivity index (χ2n) is 6.80. The lowest BCUT2D eigenvalue weighted by Crippen LogP contribution is -2.42. The first-order chi connectivity index (χ1) is 13.7. The van der Waals surface area contributed by atoms with Gasteiger partial charge in [0.15, 0.2) is 0 Å². The number of carbonyl (C=O) groups excluding carboxylic acids is 1. The van der Waals surface area contributed by atoms with Gasteiger partial charge in [0.25, 0.3) is 5.91 Å². The van der Waals surface area contributed by atoms with E-state index in [-0.39, 0.29) is 17.8 Å². The Morgan fingerprint density at radius 1 is 1.04 bits per heavy atom. The molecule has 1 fully saturated rings. The summed E-state index contributed by atoms with van der Waals surface area (Å²) in [4.78, 5) is 19.2. The summed E-state index contributed by atoms with van der Waals surface area (Å²) < 4.78 is 19.8. The molecule has 4 nitrogen and oxygen atoms in total. The molecule has 0 spiro atoms. The van der Waals surface area contributed by atoms with E-state index in [0.29, 0.717) is 37.2 Å². The summed E-state index contributed by atoms with van der Waals surface area (Å²) in [7, 11) is 0. The third kappa shape index (κ3) is 4.10. The number of aromatic nitrogens is 1.